The zero-order valence-electron chi connectivity index (χ0n) is 13.6. The van der Waals surface area contributed by atoms with Crippen LogP contribution in [0.3, 0.4) is 0 Å². The third kappa shape index (κ3) is 4.91. The van der Waals surface area contributed by atoms with Crippen LogP contribution in [-0.4, -0.2) is 44.2 Å². The quantitative estimate of drug-likeness (QED) is 0.910. The number of carbonyl (C=O) groups is 1. The summed E-state index contributed by atoms with van der Waals surface area (Å²) in [5.74, 6) is 1.67. The molecule has 22 heavy (non-hydrogen) atoms. The van der Waals surface area contributed by atoms with Gasteiger partial charge in [0.25, 0.3) is 0 Å². The molecule has 0 aromatic heterocycles. The third-order valence-corrected chi connectivity index (χ3v) is 3.60. The molecule has 0 spiro atoms. The van der Waals surface area contributed by atoms with Gasteiger partial charge in [-0.15, -0.1) is 0 Å². The number of hydrogen-bond acceptors (Lipinski definition) is 4. The van der Waals surface area contributed by atoms with Crippen LogP contribution in [-0.2, 0) is 11.3 Å². The Labute approximate surface area is 132 Å². The molecular weight excluding hydrogens is 280 g/mol. The molecule has 1 aliphatic rings. The van der Waals surface area contributed by atoms with Gasteiger partial charge in [-0.1, -0.05) is 12.1 Å². The summed E-state index contributed by atoms with van der Waals surface area (Å²) in [6.45, 7) is 5.04. The molecule has 5 heteroatoms. The van der Waals surface area contributed by atoms with Crippen molar-refractivity contribution in [2.75, 3.05) is 33.4 Å². The van der Waals surface area contributed by atoms with Gasteiger partial charge in [0, 0.05) is 18.7 Å². The number of ether oxygens (including phenoxy) is 2. The molecule has 2 rings (SSSR count). The highest BCUT2D eigenvalue weighted by Gasteiger charge is 2.15. The second-order valence-electron chi connectivity index (χ2n) is 5.61. The molecule has 0 aliphatic carbocycles. The largest absolute Gasteiger partial charge is 0.490 e. The second-order valence-corrected chi connectivity index (χ2v) is 5.61. The van der Waals surface area contributed by atoms with Crippen molar-refractivity contribution in [3.8, 4) is 11.5 Å². The number of carbonyl (C=O) groups excluding carboxylic acids is 1. The van der Waals surface area contributed by atoms with E-state index in [0.29, 0.717) is 26.3 Å². The second kappa shape index (κ2) is 8.63. The highest BCUT2D eigenvalue weighted by Crippen LogP contribution is 2.32. The van der Waals surface area contributed by atoms with E-state index in [1.165, 1.54) is 0 Å². The fourth-order valence-corrected chi connectivity index (χ4v) is 2.57. The topological polar surface area (TPSA) is 50.8 Å². The van der Waals surface area contributed by atoms with Gasteiger partial charge in [-0.2, -0.15) is 0 Å². The van der Waals surface area contributed by atoms with E-state index in [9.17, 15) is 4.79 Å². The van der Waals surface area contributed by atoms with E-state index < -0.39 is 0 Å². The van der Waals surface area contributed by atoms with E-state index in [2.05, 4.69) is 5.32 Å². The lowest BCUT2D eigenvalue weighted by atomic mass is 10.1. The molecule has 0 saturated carbocycles. The van der Waals surface area contributed by atoms with Crippen LogP contribution < -0.4 is 14.8 Å². The van der Waals surface area contributed by atoms with Crippen molar-refractivity contribution in [3.05, 3.63) is 23.8 Å². The van der Waals surface area contributed by atoms with Gasteiger partial charge in [-0.3, -0.25) is 9.69 Å². The number of amides is 1. The molecule has 0 bridgehead atoms. The molecule has 0 atom stereocenters. The predicted octanol–water partition coefficient (Wildman–Crippen LogP) is 2.20. The lowest BCUT2D eigenvalue weighted by Crippen LogP contribution is -2.35. The van der Waals surface area contributed by atoms with E-state index >= 15 is 0 Å². The van der Waals surface area contributed by atoms with Crippen molar-refractivity contribution in [1.82, 2.24) is 10.2 Å². The first-order valence-corrected chi connectivity index (χ1v) is 8.03. The number of nitrogens with zero attached hydrogens (tertiary/aromatic N) is 1. The average Bonchev–Trinajstić information content (AvgIpc) is 2.49. The first-order valence-electron chi connectivity index (χ1n) is 8.03. The maximum absolute atomic E-state index is 11.9. The van der Waals surface area contributed by atoms with E-state index in [4.69, 9.17) is 9.47 Å². The predicted molar refractivity (Wildman–Crippen MR) is 86.3 cm³/mol. The number of rotatable bonds is 2. The van der Waals surface area contributed by atoms with Crippen molar-refractivity contribution in [3.63, 3.8) is 0 Å². The Bertz CT molecular complexity index is 491. The van der Waals surface area contributed by atoms with E-state index in [-0.39, 0.29) is 5.91 Å². The molecule has 0 fully saturated rings. The molecule has 1 N–H and O–H groups in total. The third-order valence-electron chi connectivity index (χ3n) is 3.60. The number of nitrogens with one attached hydrogen (secondary N) is 1. The smallest absolute Gasteiger partial charge is 0.234 e. The van der Waals surface area contributed by atoms with Crippen LogP contribution >= 0.6 is 0 Å². The Morgan fingerprint density at radius 2 is 2.14 bits per heavy atom. The Balaban J connectivity index is 2.20. The van der Waals surface area contributed by atoms with Crippen molar-refractivity contribution in [2.24, 2.45) is 0 Å². The van der Waals surface area contributed by atoms with Crippen LogP contribution in [0.1, 0.15) is 31.7 Å². The van der Waals surface area contributed by atoms with Gasteiger partial charge in [-0.25, -0.2) is 0 Å². The number of fused-ring (bicyclic) bond motifs is 1. The molecule has 1 aromatic carbocycles. The van der Waals surface area contributed by atoms with Gasteiger partial charge in [0.2, 0.25) is 5.91 Å². The minimum atomic E-state index is 0.0742. The minimum Gasteiger partial charge on any atom is -0.490 e. The SMILES string of the molecule is CCOc1cccc2c1OCCCCCNC(=O)CN(C)C2. The number of likely N-dealkylation sites (N-methyl/N-ethyl adjacent to an activating group) is 1. The average molecular weight is 306 g/mol. The molecule has 0 saturated heterocycles. The molecule has 5 nitrogen and oxygen atoms in total. The number of benzene rings is 1. The normalized spacial score (nSPS) is 18.0. The summed E-state index contributed by atoms with van der Waals surface area (Å²) in [7, 11) is 1.94. The summed E-state index contributed by atoms with van der Waals surface area (Å²) < 4.78 is 11.7. The van der Waals surface area contributed by atoms with Gasteiger partial charge in [0.1, 0.15) is 0 Å². The van der Waals surface area contributed by atoms with Crippen LogP contribution in [0.5, 0.6) is 11.5 Å². The van der Waals surface area contributed by atoms with Crippen molar-refractivity contribution >= 4 is 5.91 Å². The summed E-state index contributed by atoms with van der Waals surface area (Å²) in [4.78, 5) is 13.9. The Hall–Kier alpha value is -1.75. The van der Waals surface area contributed by atoms with E-state index in [0.717, 1.165) is 42.9 Å². The molecule has 1 amide bonds. The lowest BCUT2D eigenvalue weighted by Gasteiger charge is -2.20. The minimum absolute atomic E-state index is 0.0742. The number of para-hydroxylation sites is 1. The fourth-order valence-electron chi connectivity index (χ4n) is 2.57. The standard InChI is InChI=1S/C17H26N2O3/c1-3-21-15-9-7-8-14-12-19(2)13-16(20)18-10-5-4-6-11-22-17(14)15/h7-9H,3-6,10-13H2,1-2H3,(H,18,20). The zero-order chi connectivity index (χ0) is 15.8. The molecule has 1 heterocycles. The Kier molecular flexibility index (Phi) is 6.52. The summed E-state index contributed by atoms with van der Waals surface area (Å²) in [5.41, 5.74) is 1.06. The molecular formula is C17H26N2O3. The monoisotopic (exact) mass is 306 g/mol. The number of hydrogen-bond donors (Lipinski definition) is 1. The van der Waals surface area contributed by atoms with Crippen LogP contribution in [0.2, 0.25) is 0 Å². The summed E-state index contributed by atoms with van der Waals surface area (Å²) in [6.07, 6.45) is 3.01. The zero-order valence-corrected chi connectivity index (χ0v) is 13.6. The highest BCUT2D eigenvalue weighted by molar-refractivity contribution is 5.77. The van der Waals surface area contributed by atoms with Crippen molar-refractivity contribution in [2.45, 2.75) is 32.7 Å². The van der Waals surface area contributed by atoms with Crippen molar-refractivity contribution in [1.29, 1.82) is 0 Å². The van der Waals surface area contributed by atoms with Crippen molar-refractivity contribution < 1.29 is 14.3 Å². The van der Waals surface area contributed by atoms with Gasteiger partial charge < -0.3 is 14.8 Å². The van der Waals surface area contributed by atoms with Crippen LogP contribution in [0.4, 0.5) is 0 Å². The van der Waals surface area contributed by atoms with Gasteiger partial charge >= 0.3 is 0 Å². The molecule has 1 aliphatic heterocycles. The maximum atomic E-state index is 11.9. The summed E-state index contributed by atoms with van der Waals surface area (Å²) >= 11 is 0. The van der Waals surface area contributed by atoms with Gasteiger partial charge in [-0.05, 0) is 39.3 Å². The first kappa shape index (κ1) is 16.6. The van der Waals surface area contributed by atoms with Gasteiger partial charge in [0.05, 0.1) is 19.8 Å². The highest BCUT2D eigenvalue weighted by atomic mass is 16.5. The molecule has 122 valence electrons. The first-order chi connectivity index (χ1) is 10.7. The van der Waals surface area contributed by atoms with Crippen LogP contribution in [0.25, 0.3) is 0 Å². The van der Waals surface area contributed by atoms with Crippen LogP contribution in [0.15, 0.2) is 18.2 Å². The fraction of sp³-hybridized carbons (Fsp3) is 0.588. The summed E-state index contributed by atoms with van der Waals surface area (Å²) in [5, 5.41) is 2.96. The molecule has 1 aromatic rings. The van der Waals surface area contributed by atoms with Gasteiger partial charge in [0.15, 0.2) is 11.5 Å². The van der Waals surface area contributed by atoms with Crippen LogP contribution in [0, 0.1) is 0 Å². The molecule has 0 unspecified atom stereocenters. The summed E-state index contributed by atoms with van der Waals surface area (Å²) in [6, 6.07) is 5.94. The maximum Gasteiger partial charge on any atom is 0.234 e. The Morgan fingerprint density at radius 1 is 1.27 bits per heavy atom. The van der Waals surface area contributed by atoms with E-state index in [1.807, 2.05) is 37.1 Å². The lowest BCUT2D eigenvalue weighted by molar-refractivity contribution is -0.122. The molecule has 0 radical (unpaired) electrons. The Morgan fingerprint density at radius 3 is 2.95 bits per heavy atom. The van der Waals surface area contributed by atoms with E-state index in [1.54, 1.807) is 0 Å².